The highest BCUT2D eigenvalue weighted by Gasteiger charge is 2.56. The Morgan fingerprint density at radius 3 is 2.83 bits per heavy atom. The van der Waals surface area contributed by atoms with E-state index in [1.165, 1.54) is 0 Å². The van der Waals surface area contributed by atoms with Crippen LogP contribution in [-0.2, 0) is 9.59 Å². The highest BCUT2D eigenvalue weighted by Crippen LogP contribution is 2.42. The molecule has 0 radical (unpaired) electrons. The number of rotatable bonds is 4. The number of hydrogen-bond acceptors (Lipinski definition) is 5. The van der Waals surface area contributed by atoms with Crippen molar-refractivity contribution in [3.63, 3.8) is 0 Å². The average molecular weight is 331 g/mol. The molecule has 1 atom stereocenters. The minimum Gasteiger partial charge on any atom is -0.454 e. The molecule has 8 heteroatoms. The summed E-state index contributed by atoms with van der Waals surface area (Å²) in [5.41, 5.74) is -0.364. The fourth-order valence-corrected chi connectivity index (χ4v) is 3.12. The summed E-state index contributed by atoms with van der Waals surface area (Å²) in [5, 5.41) is 5.38. The summed E-state index contributed by atoms with van der Waals surface area (Å²) >= 11 is 0. The molecule has 126 valence electrons. The lowest BCUT2D eigenvalue weighted by Gasteiger charge is -2.20. The molecular formula is C16H17N3O5. The first-order chi connectivity index (χ1) is 11.5. The van der Waals surface area contributed by atoms with Gasteiger partial charge in [-0.2, -0.15) is 0 Å². The number of carbonyl (C=O) groups is 3. The van der Waals surface area contributed by atoms with Crippen LogP contribution in [0, 0.1) is 5.92 Å². The standard InChI is InChI=1S/C16H17N3O5/c1-16(9-2-3-9)14(21)19(15(22)18-16)7-13(20)17-10-4-5-11-12(6-10)24-8-23-11/h4-6,9H,2-3,7-8H2,1H3,(H,17,20)(H,18,22). The number of amides is 4. The van der Waals surface area contributed by atoms with Crippen molar-refractivity contribution in [1.29, 1.82) is 0 Å². The summed E-state index contributed by atoms with van der Waals surface area (Å²) in [6.45, 7) is 1.55. The van der Waals surface area contributed by atoms with Crippen molar-refractivity contribution >= 4 is 23.5 Å². The summed E-state index contributed by atoms with van der Waals surface area (Å²) in [5.74, 6) is 0.538. The first-order valence-electron chi connectivity index (χ1n) is 7.81. The molecule has 2 fully saturated rings. The molecular weight excluding hydrogens is 314 g/mol. The van der Waals surface area contributed by atoms with Crippen LogP contribution in [0.5, 0.6) is 11.5 Å². The van der Waals surface area contributed by atoms with Crippen molar-refractivity contribution in [2.24, 2.45) is 5.92 Å². The highest BCUT2D eigenvalue weighted by molar-refractivity contribution is 6.10. The fraction of sp³-hybridized carbons (Fsp3) is 0.438. The number of anilines is 1. The molecule has 2 aliphatic heterocycles. The Bertz CT molecular complexity index is 745. The predicted molar refractivity (Wildman–Crippen MR) is 82.6 cm³/mol. The van der Waals surface area contributed by atoms with Crippen molar-refractivity contribution in [3.8, 4) is 11.5 Å². The summed E-state index contributed by atoms with van der Waals surface area (Å²) in [7, 11) is 0. The third-order valence-electron chi connectivity index (χ3n) is 4.65. The van der Waals surface area contributed by atoms with Crippen LogP contribution in [0.25, 0.3) is 0 Å². The van der Waals surface area contributed by atoms with E-state index in [0.717, 1.165) is 17.7 Å². The number of carbonyl (C=O) groups excluding carboxylic acids is 3. The molecule has 1 unspecified atom stereocenters. The number of ether oxygens (including phenoxy) is 2. The Labute approximate surface area is 138 Å². The van der Waals surface area contributed by atoms with Gasteiger partial charge in [0, 0.05) is 11.8 Å². The Balaban J connectivity index is 1.42. The minimum atomic E-state index is -0.879. The quantitative estimate of drug-likeness (QED) is 0.805. The zero-order valence-corrected chi connectivity index (χ0v) is 13.1. The maximum absolute atomic E-state index is 12.5. The molecule has 4 rings (SSSR count). The van der Waals surface area contributed by atoms with E-state index in [9.17, 15) is 14.4 Å². The third kappa shape index (κ3) is 2.34. The molecule has 0 aromatic heterocycles. The number of nitrogens with zero attached hydrogens (tertiary/aromatic N) is 1. The monoisotopic (exact) mass is 331 g/mol. The lowest BCUT2D eigenvalue weighted by molar-refractivity contribution is -0.134. The average Bonchev–Trinajstić information content (AvgIpc) is 3.26. The van der Waals surface area contributed by atoms with Crippen molar-refractivity contribution in [2.75, 3.05) is 18.7 Å². The largest absolute Gasteiger partial charge is 0.454 e. The number of benzene rings is 1. The van der Waals surface area contributed by atoms with Crippen LogP contribution in [0.3, 0.4) is 0 Å². The molecule has 3 aliphatic rings. The smallest absolute Gasteiger partial charge is 0.325 e. The molecule has 0 bridgehead atoms. The normalized spacial score (nSPS) is 25.0. The van der Waals surface area contributed by atoms with Crippen LogP contribution >= 0.6 is 0 Å². The third-order valence-corrected chi connectivity index (χ3v) is 4.65. The van der Waals surface area contributed by atoms with E-state index in [0.29, 0.717) is 17.2 Å². The Kier molecular flexibility index (Phi) is 3.16. The molecule has 1 aromatic carbocycles. The molecule has 4 amide bonds. The van der Waals surface area contributed by atoms with Gasteiger partial charge < -0.3 is 20.1 Å². The topological polar surface area (TPSA) is 97.0 Å². The fourth-order valence-electron chi connectivity index (χ4n) is 3.12. The number of hydrogen-bond donors (Lipinski definition) is 2. The van der Waals surface area contributed by atoms with Gasteiger partial charge in [-0.15, -0.1) is 0 Å². The van der Waals surface area contributed by atoms with Crippen LogP contribution in [0.1, 0.15) is 19.8 Å². The van der Waals surface area contributed by atoms with E-state index in [1.54, 1.807) is 25.1 Å². The van der Waals surface area contributed by atoms with Crippen molar-refractivity contribution in [2.45, 2.75) is 25.3 Å². The molecule has 24 heavy (non-hydrogen) atoms. The SMILES string of the molecule is CC1(C2CC2)NC(=O)N(CC(=O)Nc2ccc3c(c2)OCO3)C1=O. The van der Waals surface area contributed by atoms with E-state index >= 15 is 0 Å². The summed E-state index contributed by atoms with van der Waals surface area (Å²) in [6.07, 6.45) is 1.83. The van der Waals surface area contributed by atoms with Crippen molar-refractivity contribution in [1.82, 2.24) is 10.2 Å². The van der Waals surface area contributed by atoms with Crippen molar-refractivity contribution in [3.05, 3.63) is 18.2 Å². The highest BCUT2D eigenvalue weighted by atomic mass is 16.7. The van der Waals surface area contributed by atoms with Crippen LogP contribution in [0.15, 0.2) is 18.2 Å². The zero-order chi connectivity index (χ0) is 16.9. The molecule has 1 aromatic rings. The van der Waals surface area contributed by atoms with E-state index in [-0.39, 0.29) is 25.2 Å². The Morgan fingerprint density at radius 2 is 2.08 bits per heavy atom. The van der Waals surface area contributed by atoms with Gasteiger partial charge in [0.05, 0.1) is 0 Å². The lowest BCUT2D eigenvalue weighted by Crippen LogP contribution is -2.46. The second-order valence-electron chi connectivity index (χ2n) is 6.41. The van der Waals surface area contributed by atoms with Gasteiger partial charge >= 0.3 is 6.03 Å². The minimum absolute atomic E-state index is 0.148. The predicted octanol–water partition coefficient (Wildman–Crippen LogP) is 1.07. The second-order valence-corrected chi connectivity index (χ2v) is 6.41. The van der Waals surface area contributed by atoms with Gasteiger partial charge in [0.2, 0.25) is 12.7 Å². The maximum atomic E-state index is 12.5. The Hall–Kier alpha value is -2.77. The van der Waals surface area contributed by atoms with E-state index in [4.69, 9.17) is 9.47 Å². The van der Waals surface area contributed by atoms with E-state index in [2.05, 4.69) is 10.6 Å². The van der Waals surface area contributed by atoms with Gasteiger partial charge in [-0.3, -0.25) is 14.5 Å². The maximum Gasteiger partial charge on any atom is 0.325 e. The van der Waals surface area contributed by atoms with Gasteiger partial charge in [0.25, 0.3) is 5.91 Å². The number of fused-ring (bicyclic) bond motifs is 1. The molecule has 2 N–H and O–H groups in total. The summed E-state index contributed by atoms with van der Waals surface area (Å²) in [4.78, 5) is 37.7. The van der Waals surface area contributed by atoms with Gasteiger partial charge in [-0.05, 0) is 37.8 Å². The number of nitrogens with one attached hydrogen (secondary N) is 2. The summed E-state index contributed by atoms with van der Waals surface area (Å²) in [6, 6.07) is 4.48. The molecule has 8 nitrogen and oxygen atoms in total. The van der Waals surface area contributed by atoms with Gasteiger partial charge in [0.1, 0.15) is 12.1 Å². The molecule has 1 aliphatic carbocycles. The van der Waals surface area contributed by atoms with E-state index in [1.807, 2.05) is 0 Å². The first-order valence-corrected chi connectivity index (χ1v) is 7.81. The number of imide groups is 1. The summed E-state index contributed by atoms with van der Waals surface area (Å²) < 4.78 is 10.5. The second kappa shape index (κ2) is 5.12. The Morgan fingerprint density at radius 1 is 1.33 bits per heavy atom. The van der Waals surface area contributed by atoms with Crippen LogP contribution < -0.4 is 20.1 Å². The zero-order valence-electron chi connectivity index (χ0n) is 13.1. The van der Waals surface area contributed by atoms with Gasteiger partial charge in [-0.1, -0.05) is 0 Å². The molecule has 1 saturated heterocycles. The van der Waals surface area contributed by atoms with E-state index < -0.39 is 17.5 Å². The lowest BCUT2D eigenvalue weighted by atomic mass is 9.96. The number of urea groups is 1. The van der Waals surface area contributed by atoms with Crippen molar-refractivity contribution < 1.29 is 23.9 Å². The van der Waals surface area contributed by atoms with Gasteiger partial charge in [-0.25, -0.2) is 4.79 Å². The molecule has 0 spiro atoms. The van der Waals surface area contributed by atoms with Crippen LogP contribution in [-0.4, -0.2) is 41.6 Å². The van der Waals surface area contributed by atoms with Crippen LogP contribution in [0.4, 0.5) is 10.5 Å². The van der Waals surface area contributed by atoms with Gasteiger partial charge in [0.15, 0.2) is 11.5 Å². The molecule has 2 heterocycles. The molecule has 1 saturated carbocycles. The first kappa shape index (κ1) is 14.8. The van der Waals surface area contributed by atoms with Crippen LogP contribution in [0.2, 0.25) is 0 Å².